The molecule has 1 amide bonds. The number of rotatable bonds is 7. The molecule has 42 heavy (non-hydrogen) atoms. The second kappa shape index (κ2) is 12.9. The number of nitrogens with zero attached hydrogens (tertiary/aromatic N) is 3. The van der Waals surface area contributed by atoms with Crippen LogP contribution in [0, 0.1) is 0 Å². The molecular weight excluding hydrogens is 600 g/mol. The van der Waals surface area contributed by atoms with Crippen molar-refractivity contribution in [1.82, 2.24) is 14.8 Å². The molecule has 0 fully saturated rings. The van der Waals surface area contributed by atoms with E-state index in [0.29, 0.717) is 27.6 Å². The van der Waals surface area contributed by atoms with Crippen LogP contribution in [-0.2, 0) is 18.0 Å². The first-order valence-corrected chi connectivity index (χ1v) is 11.9. The van der Waals surface area contributed by atoms with Crippen LogP contribution in [0.3, 0.4) is 0 Å². The first kappa shape index (κ1) is 32.0. The fourth-order valence-corrected chi connectivity index (χ4v) is 3.63. The zero-order chi connectivity index (χ0) is 31.2. The molecule has 0 atom stereocenters. The number of aliphatic carboxylic acids is 1. The number of hydrogen-bond donors (Lipinski definition) is 3. The van der Waals surface area contributed by atoms with Crippen LogP contribution in [0.15, 0.2) is 59.1 Å². The quantitative estimate of drug-likeness (QED) is 0.226. The van der Waals surface area contributed by atoms with Gasteiger partial charge in [0.1, 0.15) is 12.4 Å². The largest absolute Gasteiger partial charge is 0.492 e. The maximum atomic E-state index is 13.6. The Labute approximate surface area is 237 Å². The Morgan fingerprint density at radius 3 is 2.29 bits per heavy atom. The number of alkyl halides is 6. The van der Waals surface area contributed by atoms with Gasteiger partial charge in [-0.1, -0.05) is 29.8 Å². The molecule has 0 aliphatic rings. The number of nitrogens with one attached hydrogen (secondary N) is 1. The van der Waals surface area contributed by atoms with E-state index in [1.165, 1.54) is 35.1 Å². The highest BCUT2D eigenvalue weighted by molar-refractivity contribution is 6.33. The van der Waals surface area contributed by atoms with Crippen LogP contribution in [0.25, 0.3) is 22.7 Å². The molecule has 17 heteroatoms. The van der Waals surface area contributed by atoms with Gasteiger partial charge in [0.05, 0.1) is 16.9 Å². The van der Waals surface area contributed by atoms with Crippen molar-refractivity contribution < 1.29 is 50.2 Å². The maximum Gasteiger partial charge on any atom is 0.490 e. The van der Waals surface area contributed by atoms with E-state index in [4.69, 9.17) is 36.4 Å². The van der Waals surface area contributed by atoms with E-state index in [2.05, 4.69) is 15.4 Å². The predicted molar refractivity (Wildman–Crippen MR) is 137 cm³/mol. The molecule has 4 N–H and O–H groups in total. The molecule has 224 valence electrons. The van der Waals surface area contributed by atoms with Crippen LogP contribution in [0.1, 0.15) is 16.2 Å². The van der Waals surface area contributed by atoms with Crippen LogP contribution >= 0.6 is 11.6 Å². The normalized spacial score (nSPS) is 11.5. The first-order chi connectivity index (χ1) is 19.6. The number of nitrogens with two attached hydrogens (primary N) is 1. The number of halogens is 7. The number of hydrogen-bond acceptors (Lipinski definition) is 7. The molecule has 10 nitrogen and oxygen atoms in total. The summed E-state index contributed by atoms with van der Waals surface area (Å²) in [4.78, 5) is 25.6. The van der Waals surface area contributed by atoms with Gasteiger partial charge in [0.25, 0.3) is 5.91 Å². The minimum atomic E-state index is -5.08. The van der Waals surface area contributed by atoms with Crippen molar-refractivity contribution in [2.24, 2.45) is 12.8 Å². The molecule has 0 bridgehead atoms. The third-order valence-electron chi connectivity index (χ3n) is 5.13. The summed E-state index contributed by atoms with van der Waals surface area (Å²) in [5, 5.41) is 14.0. The van der Waals surface area contributed by atoms with Crippen molar-refractivity contribution in [2.45, 2.75) is 12.4 Å². The molecule has 2 aromatic heterocycles. The van der Waals surface area contributed by atoms with Crippen LogP contribution in [0.5, 0.6) is 5.75 Å². The standard InChI is InChI=1S/C23H19ClF3N5O3.C2HF3O2/c1-32-19(16(24)12-29-32)15-11-14(7-8-17(15)34-10-9-28)30-21(33)18-20(23(25,26)27)35-22(31-18)13-5-3-2-4-6-13;3-2(4,5)1(6)7/h2-8,11-12H,9-10,28H2,1H3,(H,30,33);(H,6,7). The van der Waals surface area contributed by atoms with Gasteiger partial charge < -0.3 is 25.3 Å². The van der Waals surface area contributed by atoms with Gasteiger partial charge in [-0.05, 0) is 30.3 Å². The average Bonchev–Trinajstić information content (AvgIpc) is 3.52. The highest BCUT2D eigenvalue weighted by Gasteiger charge is 2.42. The number of benzene rings is 2. The molecule has 0 unspecified atom stereocenters. The number of carbonyl (C=O) groups is 2. The zero-order valence-electron chi connectivity index (χ0n) is 21.3. The lowest BCUT2D eigenvalue weighted by Crippen LogP contribution is -2.21. The SMILES string of the molecule is Cn1ncc(Cl)c1-c1cc(NC(=O)c2nc(-c3ccccc3)oc2C(F)(F)F)ccc1OCCN.O=C(O)C(F)(F)F. The molecule has 4 rings (SSSR count). The smallest absolute Gasteiger partial charge is 0.490 e. The van der Waals surface area contributed by atoms with Gasteiger partial charge in [-0.25, -0.2) is 9.78 Å². The molecular formula is C25H20ClF6N5O5. The fraction of sp³-hybridized carbons (Fsp3) is 0.200. The lowest BCUT2D eigenvalue weighted by atomic mass is 10.1. The summed E-state index contributed by atoms with van der Waals surface area (Å²) in [5.41, 5.74) is 6.06. The second-order valence-electron chi connectivity index (χ2n) is 8.13. The predicted octanol–water partition coefficient (Wildman–Crippen LogP) is 5.64. The minimum absolute atomic E-state index is 0.180. The van der Waals surface area contributed by atoms with E-state index < -0.39 is 35.7 Å². The molecule has 2 aromatic carbocycles. The Hall–Kier alpha value is -4.57. The lowest BCUT2D eigenvalue weighted by Gasteiger charge is -2.14. The second-order valence-corrected chi connectivity index (χ2v) is 8.54. The number of oxazole rings is 1. The van der Waals surface area contributed by atoms with Crippen LogP contribution in [0.4, 0.5) is 32.0 Å². The summed E-state index contributed by atoms with van der Waals surface area (Å²) in [6, 6.07) is 12.5. The summed E-state index contributed by atoms with van der Waals surface area (Å²) in [6.45, 7) is 0.470. The van der Waals surface area contributed by atoms with Gasteiger partial charge in [0.2, 0.25) is 11.7 Å². The van der Waals surface area contributed by atoms with Gasteiger partial charge in [0.15, 0.2) is 5.69 Å². The van der Waals surface area contributed by atoms with E-state index in [9.17, 15) is 31.1 Å². The molecule has 0 aliphatic carbocycles. The summed E-state index contributed by atoms with van der Waals surface area (Å²) in [7, 11) is 1.66. The molecule has 0 aliphatic heterocycles. The van der Waals surface area contributed by atoms with E-state index in [1.54, 1.807) is 31.3 Å². The Kier molecular flexibility index (Phi) is 9.85. The molecule has 0 saturated carbocycles. The van der Waals surface area contributed by atoms with E-state index >= 15 is 0 Å². The first-order valence-electron chi connectivity index (χ1n) is 11.5. The Morgan fingerprint density at radius 2 is 1.76 bits per heavy atom. The number of carboxylic acids is 1. The summed E-state index contributed by atoms with van der Waals surface area (Å²) in [6.07, 6.45) is -8.58. The highest BCUT2D eigenvalue weighted by Crippen LogP contribution is 2.38. The fourth-order valence-electron chi connectivity index (χ4n) is 3.36. The number of ether oxygens (including phenoxy) is 1. The van der Waals surface area contributed by atoms with Crippen molar-refractivity contribution in [1.29, 1.82) is 0 Å². The van der Waals surface area contributed by atoms with Crippen molar-refractivity contribution in [3.05, 3.63) is 71.2 Å². The van der Waals surface area contributed by atoms with Crippen LogP contribution < -0.4 is 15.8 Å². The lowest BCUT2D eigenvalue weighted by molar-refractivity contribution is -0.192. The monoisotopic (exact) mass is 619 g/mol. The summed E-state index contributed by atoms with van der Waals surface area (Å²) in [5.74, 6) is -5.27. The Morgan fingerprint density at radius 1 is 1.12 bits per heavy atom. The van der Waals surface area contributed by atoms with Crippen molar-refractivity contribution >= 4 is 29.2 Å². The number of amides is 1. The third-order valence-corrected chi connectivity index (χ3v) is 5.40. The minimum Gasteiger partial charge on any atom is -0.492 e. The molecule has 0 radical (unpaired) electrons. The number of carboxylic acid groups (broad SMARTS) is 1. The topological polar surface area (TPSA) is 146 Å². The van der Waals surface area contributed by atoms with Gasteiger partial charge in [-0.15, -0.1) is 0 Å². The third kappa shape index (κ3) is 7.79. The van der Waals surface area contributed by atoms with E-state index in [1.807, 2.05) is 0 Å². The van der Waals surface area contributed by atoms with Gasteiger partial charge in [-0.3, -0.25) is 9.48 Å². The van der Waals surface area contributed by atoms with E-state index in [0.717, 1.165) is 0 Å². The molecule has 0 saturated heterocycles. The Balaban J connectivity index is 0.000000616. The average molecular weight is 620 g/mol. The Bertz CT molecular complexity index is 1530. The van der Waals surface area contributed by atoms with Crippen LogP contribution in [-0.4, -0.2) is 51.1 Å². The highest BCUT2D eigenvalue weighted by atomic mass is 35.5. The summed E-state index contributed by atoms with van der Waals surface area (Å²) < 4.78 is 84.7. The van der Waals surface area contributed by atoms with Crippen LogP contribution in [0.2, 0.25) is 5.02 Å². The number of aryl methyl sites for hydroxylation is 1. The number of anilines is 1. The van der Waals surface area contributed by atoms with Crippen molar-refractivity contribution in [3.63, 3.8) is 0 Å². The molecule has 4 aromatic rings. The zero-order valence-corrected chi connectivity index (χ0v) is 22.0. The number of aromatic nitrogens is 3. The maximum absolute atomic E-state index is 13.6. The van der Waals surface area contributed by atoms with Gasteiger partial charge >= 0.3 is 18.3 Å². The van der Waals surface area contributed by atoms with E-state index in [-0.39, 0.29) is 24.7 Å². The van der Waals surface area contributed by atoms with Crippen molar-refractivity contribution in [3.8, 4) is 28.5 Å². The molecule has 0 spiro atoms. The van der Waals surface area contributed by atoms with Crippen molar-refractivity contribution in [2.75, 3.05) is 18.5 Å². The van der Waals surface area contributed by atoms with Gasteiger partial charge in [-0.2, -0.15) is 31.4 Å². The number of carbonyl (C=O) groups excluding carboxylic acids is 1. The van der Waals surface area contributed by atoms with Gasteiger partial charge in [0, 0.05) is 30.4 Å². The summed E-state index contributed by atoms with van der Waals surface area (Å²) >= 11 is 6.27. The molecule has 2 heterocycles.